The molecule has 0 heterocycles. The maximum atomic E-state index is 10.6. The number of aryl methyl sites for hydroxylation is 1. The highest BCUT2D eigenvalue weighted by molar-refractivity contribution is 7.99. The molecule has 1 aromatic rings. The van der Waals surface area contributed by atoms with E-state index in [-0.39, 0.29) is 5.25 Å². The molecule has 1 aromatic carbocycles. The highest BCUT2D eigenvalue weighted by Crippen LogP contribution is 2.19. The number of hydrogen-bond acceptors (Lipinski definition) is 2. The summed E-state index contributed by atoms with van der Waals surface area (Å²) < 4.78 is 0. The second kappa shape index (κ2) is 5.05. The van der Waals surface area contributed by atoms with Crippen LogP contribution < -0.4 is 0 Å². The number of hydrogen-bond donors (Lipinski definition) is 1. The summed E-state index contributed by atoms with van der Waals surface area (Å²) in [6.07, 6.45) is 0. The summed E-state index contributed by atoms with van der Waals surface area (Å²) in [6.45, 7) is 3.76. The summed E-state index contributed by atoms with van der Waals surface area (Å²) in [5.41, 5.74) is 2.43. The van der Waals surface area contributed by atoms with Gasteiger partial charge in [0.2, 0.25) is 0 Å². The van der Waals surface area contributed by atoms with E-state index in [4.69, 9.17) is 5.11 Å². The molecule has 0 fully saturated rings. The van der Waals surface area contributed by atoms with Gasteiger partial charge in [0.1, 0.15) is 0 Å². The Balaban J connectivity index is 2.54. The van der Waals surface area contributed by atoms with E-state index in [9.17, 15) is 4.79 Å². The predicted molar refractivity (Wildman–Crippen MR) is 59.6 cm³/mol. The van der Waals surface area contributed by atoms with Gasteiger partial charge in [-0.1, -0.05) is 24.3 Å². The first kappa shape index (κ1) is 11.1. The van der Waals surface area contributed by atoms with Crippen LogP contribution in [0.4, 0.5) is 0 Å². The molecular formula is C11H14O2S. The molecule has 14 heavy (non-hydrogen) atoms. The van der Waals surface area contributed by atoms with Gasteiger partial charge in [-0.3, -0.25) is 4.79 Å². The lowest BCUT2D eigenvalue weighted by Crippen LogP contribution is -2.11. The van der Waals surface area contributed by atoms with Gasteiger partial charge in [0.15, 0.2) is 0 Å². The molecule has 0 aliphatic rings. The van der Waals surface area contributed by atoms with Gasteiger partial charge >= 0.3 is 5.97 Å². The average molecular weight is 210 g/mol. The Bertz CT molecular complexity index is 323. The SMILES string of the molecule is Cc1ccccc1CSC(C)C(=O)O. The summed E-state index contributed by atoms with van der Waals surface area (Å²) in [5.74, 6) is 0.0173. The Kier molecular flexibility index (Phi) is 4.01. The molecule has 0 radical (unpaired) electrons. The Morgan fingerprint density at radius 3 is 2.71 bits per heavy atom. The van der Waals surface area contributed by atoms with Crippen molar-refractivity contribution in [2.24, 2.45) is 0 Å². The van der Waals surface area contributed by atoms with Crippen molar-refractivity contribution >= 4 is 17.7 Å². The molecule has 0 aromatic heterocycles. The topological polar surface area (TPSA) is 37.3 Å². The molecule has 0 saturated carbocycles. The van der Waals surface area contributed by atoms with Crippen molar-refractivity contribution in [3.05, 3.63) is 35.4 Å². The number of thioether (sulfide) groups is 1. The van der Waals surface area contributed by atoms with Crippen molar-refractivity contribution in [3.63, 3.8) is 0 Å². The molecule has 1 atom stereocenters. The third kappa shape index (κ3) is 3.07. The predicted octanol–water partition coefficient (Wildman–Crippen LogP) is 2.70. The molecule has 0 bridgehead atoms. The molecule has 2 nitrogen and oxygen atoms in total. The minimum absolute atomic E-state index is 0.338. The highest BCUT2D eigenvalue weighted by atomic mass is 32.2. The number of carboxylic acid groups (broad SMARTS) is 1. The van der Waals surface area contributed by atoms with Crippen LogP contribution in [0.3, 0.4) is 0 Å². The average Bonchev–Trinajstić information content (AvgIpc) is 2.16. The van der Waals surface area contributed by atoms with Gasteiger partial charge in [-0.05, 0) is 25.0 Å². The normalized spacial score (nSPS) is 12.4. The monoisotopic (exact) mass is 210 g/mol. The minimum atomic E-state index is -0.747. The van der Waals surface area contributed by atoms with Crippen molar-refractivity contribution < 1.29 is 9.90 Å². The zero-order valence-electron chi connectivity index (χ0n) is 8.36. The van der Waals surface area contributed by atoms with E-state index in [0.717, 1.165) is 5.75 Å². The standard InChI is InChI=1S/C11H14O2S/c1-8-5-3-4-6-10(8)7-14-9(2)11(12)13/h3-6,9H,7H2,1-2H3,(H,12,13). The molecule has 3 heteroatoms. The third-order valence-electron chi connectivity index (χ3n) is 2.10. The summed E-state index contributed by atoms with van der Waals surface area (Å²) in [4.78, 5) is 10.6. The largest absolute Gasteiger partial charge is 0.480 e. The van der Waals surface area contributed by atoms with Crippen LogP contribution in [0.25, 0.3) is 0 Å². The minimum Gasteiger partial charge on any atom is -0.480 e. The second-order valence-corrected chi connectivity index (χ2v) is 4.55. The van der Waals surface area contributed by atoms with Crippen molar-refractivity contribution in [1.29, 1.82) is 0 Å². The fourth-order valence-electron chi connectivity index (χ4n) is 1.06. The van der Waals surface area contributed by atoms with Crippen molar-refractivity contribution in [2.75, 3.05) is 0 Å². The van der Waals surface area contributed by atoms with Crippen LogP contribution in [0, 0.1) is 6.92 Å². The van der Waals surface area contributed by atoms with E-state index in [0.29, 0.717) is 0 Å². The molecule has 1 unspecified atom stereocenters. The van der Waals surface area contributed by atoms with Crippen LogP contribution in [0.1, 0.15) is 18.1 Å². The number of carboxylic acids is 1. The van der Waals surface area contributed by atoms with Crippen LogP contribution in [-0.2, 0) is 10.5 Å². The van der Waals surface area contributed by atoms with Crippen LogP contribution in [0.15, 0.2) is 24.3 Å². The Hall–Kier alpha value is -0.960. The first-order valence-electron chi connectivity index (χ1n) is 4.50. The fraction of sp³-hybridized carbons (Fsp3) is 0.364. The zero-order valence-corrected chi connectivity index (χ0v) is 9.17. The summed E-state index contributed by atoms with van der Waals surface area (Å²) in [7, 11) is 0. The van der Waals surface area contributed by atoms with Crippen molar-refractivity contribution in [1.82, 2.24) is 0 Å². The van der Waals surface area contributed by atoms with Gasteiger partial charge < -0.3 is 5.11 Å². The first-order chi connectivity index (χ1) is 6.61. The summed E-state index contributed by atoms with van der Waals surface area (Å²) in [5, 5.41) is 8.37. The molecule has 0 saturated heterocycles. The van der Waals surface area contributed by atoms with Gasteiger partial charge in [-0.15, -0.1) is 11.8 Å². The van der Waals surface area contributed by atoms with E-state index in [1.807, 2.05) is 31.2 Å². The number of benzene rings is 1. The van der Waals surface area contributed by atoms with E-state index in [2.05, 4.69) is 0 Å². The molecule has 1 N–H and O–H groups in total. The van der Waals surface area contributed by atoms with Gasteiger partial charge in [0.05, 0.1) is 5.25 Å². The van der Waals surface area contributed by atoms with E-state index in [1.54, 1.807) is 6.92 Å². The van der Waals surface area contributed by atoms with E-state index < -0.39 is 5.97 Å². The third-order valence-corrected chi connectivity index (χ3v) is 3.28. The Labute approximate surface area is 88.3 Å². The maximum Gasteiger partial charge on any atom is 0.316 e. The zero-order chi connectivity index (χ0) is 10.6. The first-order valence-corrected chi connectivity index (χ1v) is 5.55. The van der Waals surface area contributed by atoms with E-state index in [1.165, 1.54) is 22.9 Å². The molecule has 0 amide bonds. The molecule has 0 aliphatic heterocycles. The number of carbonyl (C=O) groups is 1. The fourth-order valence-corrected chi connectivity index (χ4v) is 1.95. The molecule has 0 spiro atoms. The molecular weight excluding hydrogens is 196 g/mol. The molecule has 76 valence electrons. The summed E-state index contributed by atoms with van der Waals surface area (Å²) in [6, 6.07) is 8.05. The van der Waals surface area contributed by atoms with Crippen molar-refractivity contribution in [2.45, 2.75) is 24.9 Å². The van der Waals surface area contributed by atoms with Crippen LogP contribution in [-0.4, -0.2) is 16.3 Å². The van der Waals surface area contributed by atoms with Crippen LogP contribution in [0.5, 0.6) is 0 Å². The summed E-state index contributed by atoms with van der Waals surface area (Å²) >= 11 is 1.45. The number of aliphatic carboxylic acids is 1. The lowest BCUT2D eigenvalue weighted by atomic mass is 10.1. The lowest BCUT2D eigenvalue weighted by Gasteiger charge is -2.07. The molecule has 0 aliphatic carbocycles. The van der Waals surface area contributed by atoms with Gasteiger partial charge in [-0.2, -0.15) is 0 Å². The van der Waals surface area contributed by atoms with E-state index >= 15 is 0 Å². The second-order valence-electron chi connectivity index (χ2n) is 3.22. The van der Waals surface area contributed by atoms with Gasteiger partial charge in [0, 0.05) is 5.75 Å². The lowest BCUT2D eigenvalue weighted by molar-refractivity contribution is -0.136. The molecule has 1 rings (SSSR count). The van der Waals surface area contributed by atoms with Crippen molar-refractivity contribution in [3.8, 4) is 0 Å². The quantitative estimate of drug-likeness (QED) is 0.830. The number of rotatable bonds is 4. The van der Waals surface area contributed by atoms with Gasteiger partial charge in [0.25, 0.3) is 0 Å². The Morgan fingerprint density at radius 1 is 1.50 bits per heavy atom. The Morgan fingerprint density at radius 2 is 2.14 bits per heavy atom. The van der Waals surface area contributed by atoms with Crippen LogP contribution >= 0.6 is 11.8 Å². The smallest absolute Gasteiger partial charge is 0.316 e. The van der Waals surface area contributed by atoms with Gasteiger partial charge in [-0.25, -0.2) is 0 Å². The van der Waals surface area contributed by atoms with Crippen LogP contribution in [0.2, 0.25) is 0 Å². The highest BCUT2D eigenvalue weighted by Gasteiger charge is 2.11. The maximum absolute atomic E-state index is 10.6.